The van der Waals surface area contributed by atoms with Crippen molar-refractivity contribution < 1.29 is 4.74 Å². The minimum atomic E-state index is 0.501. The Labute approximate surface area is 129 Å². The van der Waals surface area contributed by atoms with Gasteiger partial charge in [0.15, 0.2) is 0 Å². The Balaban J connectivity index is 1.35. The van der Waals surface area contributed by atoms with Gasteiger partial charge in [-0.15, -0.1) is 0 Å². The van der Waals surface area contributed by atoms with Gasteiger partial charge >= 0.3 is 0 Å². The minimum Gasteiger partial charge on any atom is -0.476 e. The first kappa shape index (κ1) is 13.4. The van der Waals surface area contributed by atoms with E-state index in [2.05, 4.69) is 19.9 Å². The molecule has 1 unspecified atom stereocenters. The van der Waals surface area contributed by atoms with Gasteiger partial charge in [0.2, 0.25) is 5.88 Å². The minimum absolute atomic E-state index is 0.501. The van der Waals surface area contributed by atoms with E-state index in [9.17, 15) is 0 Å². The summed E-state index contributed by atoms with van der Waals surface area (Å²) < 4.78 is 5.71. The molecule has 2 aromatic rings. The first-order valence-electron chi connectivity index (χ1n) is 7.85. The molecule has 4 rings (SSSR count). The molecule has 6 nitrogen and oxygen atoms in total. The fourth-order valence-electron chi connectivity index (χ4n) is 2.82. The van der Waals surface area contributed by atoms with E-state index in [1.165, 1.54) is 12.8 Å². The van der Waals surface area contributed by atoms with Crippen LogP contribution in [0.4, 0.5) is 5.82 Å². The van der Waals surface area contributed by atoms with Crippen LogP contribution in [0.1, 0.15) is 31.0 Å². The highest BCUT2D eigenvalue weighted by Gasteiger charge is 2.28. The van der Waals surface area contributed by atoms with E-state index in [0.29, 0.717) is 24.3 Å². The molecule has 0 N–H and O–H groups in total. The van der Waals surface area contributed by atoms with Gasteiger partial charge in [0, 0.05) is 43.5 Å². The highest BCUT2D eigenvalue weighted by atomic mass is 16.5. The molecule has 1 aliphatic heterocycles. The number of anilines is 1. The monoisotopic (exact) mass is 297 g/mol. The van der Waals surface area contributed by atoms with E-state index >= 15 is 0 Å². The molecule has 1 atom stereocenters. The summed E-state index contributed by atoms with van der Waals surface area (Å²) in [6.07, 6.45) is 10.4. The molecule has 2 fully saturated rings. The van der Waals surface area contributed by atoms with E-state index < -0.39 is 0 Å². The number of ether oxygens (including phenoxy) is 1. The van der Waals surface area contributed by atoms with Crippen LogP contribution in [0, 0.1) is 5.92 Å². The maximum absolute atomic E-state index is 5.71. The summed E-state index contributed by atoms with van der Waals surface area (Å²) in [6, 6.07) is 2.01. The van der Waals surface area contributed by atoms with Crippen molar-refractivity contribution in [3.63, 3.8) is 0 Å². The van der Waals surface area contributed by atoms with Crippen molar-refractivity contribution in [1.29, 1.82) is 0 Å². The first-order valence-corrected chi connectivity index (χ1v) is 7.85. The lowest BCUT2D eigenvalue weighted by molar-refractivity contribution is 0.251. The molecule has 0 aromatic carbocycles. The van der Waals surface area contributed by atoms with Crippen molar-refractivity contribution in [3.8, 4) is 5.88 Å². The Bertz CT molecular complexity index is 631. The molecule has 1 saturated carbocycles. The zero-order chi connectivity index (χ0) is 14.8. The zero-order valence-electron chi connectivity index (χ0n) is 12.4. The Morgan fingerprint density at radius 2 is 2.09 bits per heavy atom. The molecule has 1 aliphatic carbocycles. The van der Waals surface area contributed by atoms with Gasteiger partial charge in [-0.1, -0.05) is 0 Å². The van der Waals surface area contributed by atoms with Gasteiger partial charge in [-0.25, -0.2) is 15.0 Å². The first-order chi connectivity index (χ1) is 10.9. The van der Waals surface area contributed by atoms with Gasteiger partial charge in [0.1, 0.15) is 11.6 Å². The van der Waals surface area contributed by atoms with Gasteiger partial charge in [-0.3, -0.25) is 4.98 Å². The summed E-state index contributed by atoms with van der Waals surface area (Å²) in [5, 5.41) is 0. The van der Waals surface area contributed by atoms with Crippen LogP contribution < -0.4 is 9.64 Å². The van der Waals surface area contributed by atoms with Crippen molar-refractivity contribution in [1.82, 2.24) is 19.9 Å². The van der Waals surface area contributed by atoms with Crippen LogP contribution in [0.25, 0.3) is 0 Å². The Hall–Kier alpha value is -2.24. The molecule has 6 heteroatoms. The van der Waals surface area contributed by atoms with Crippen LogP contribution >= 0.6 is 0 Å². The zero-order valence-corrected chi connectivity index (χ0v) is 12.4. The fourth-order valence-corrected chi connectivity index (χ4v) is 2.82. The quantitative estimate of drug-likeness (QED) is 0.841. The predicted molar refractivity (Wildman–Crippen MR) is 81.9 cm³/mol. The van der Waals surface area contributed by atoms with Gasteiger partial charge in [0.25, 0.3) is 0 Å². The van der Waals surface area contributed by atoms with Crippen molar-refractivity contribution in [3.05, 3.63) is 36.7 Å². The van der Waals surface area contributed by atoms with E-state index in [1.54, 1.807) is 18.6 Å². The standard InChI is InChI=1S/C16H19N5O/c1-2-13(1)16-19-5-3-14(20-16)21-8-4-12(10-21)11-22-15-9-17-6-7-18-15/h3,5-7,9,12-13H,1-2,4,8,10-11H2. The van der Waals surface area contributed by atoms with Crippen LogP contribution in [-0.4, -0.2) is 39.6 Å². The Kier molecular flexibility index (Phi) is 3.58. The molecular formula is C16H19N5O. The van der Waals surface area contributed by atoms with E-state index in [-0.39, 0.29) is 0 Å². The molecule has 2 aliphatic rings. The predicted octanol–water partition coefficient (Wildman–Crippen LogP) is 2.05. The molecule has 3 heterocycles. The third-order valence-corrected chi connectivity index (χ3v) is 4.22. The van der Waals surface area contributed by atoms with E-state index in [1.807, 2.05) is 12.3 Å². The molecule has 0 amide bonds. The van der Waals surface area contributed by atoms with Crippen LogP contribution in [0.3, 0.4) is 0 Å². The molecule has 1 saturated heterocycles. The summed E-state index contributed by atoms with van der Waals surface area (Å²) in [7, 11) is 0. The molecule has 0 bridgehead atoms. The average Bonchev–Trinajstić information content (AvgIpc) is 3.32. The fraction of sp³-hybridized carbons (Fsp3) is 0.500. The van der Waals surface area contributed by atoms with Crippen LogP contribution in [0.2, 0.25) is 0 Å². The smallest absolute Gasteiger partial charge is 0.232 e. The number of hydrogen-bond acceptors (Lipinski definition) is 6. The summed E-state index contributed by atoms with van der Waals surface area (Å²) in [5.41, 5.74) is 0. The maximum atomic E-state index is 5.71. The second-order valence-electron chi connectivity index (χ2n) is 6.00. The topological polar surface area (TPSA) is 64.0 Å². The maximum Gasteiger partial charge on any atom is 0.232 e. The molecule has 2 aromatic heterocycles. The Morgan fingerprint density at radius 3 is 2.91 bits per heavy atom. The SMILES string of the molecule is c1cnc(OCC2CCN(c3ccnc(C4CC4)n3)C2)cn1. The number of hydrogen-bond donors (Lipinski definition) is 0. The number of aromatic nitrogens is 4. The summed E-state index contributed by atoms with van der Waals surface area (Å²) in [6.45, 7) is 2.67. The van der Waals surface area contributed by atoms with Gasteiger partial charge in [-0.05, 0) is 25.3 Å². The number of rotatable bonds is 5. The largest absolute Gasteiger partial charge is 0.476 e. The summed E-state index contributed by atoms with van der Waals surface area (Å²) in [5.74, 6) is 3.76. The van der Waals surface area contributed by atoms with Crippen LogP contribution in [0.15, 0.2) is 30.9 Å². The molecule has 0 spiro atoms. The van der Waals surface area contributed by atoms with Crippen LogP contribution in [-0.2, 0) is 0 Å². The lowest BCUT2D eigenvalue weighted by Gasteiger charge is -2.18. The molecule has 0 radical (unpaired) electrons. The molecule has 114 valence electrons. The molecule has 22 heavy (non-hydrogen) atoms. The van der Waals surface area contributed by atoms with Crippen molar-refractivity contribution in [2.45, 2.75) is 25.2 Å². The molecular weight excluding hydrogens is 278 g/mol. The lowest BCUT2D eigenvalue weighted by Crippen LogP contribution is -2.23. The summed E-state index contributed by atoms with van der Waals surface area (Å²) in [4.78, 5) is 19.6. The van der Waals surface area contributed by atoms with E-state index in [4.69, 9.17) is 9.72 Å². The van der Waals surface area contributed by atoms with Gasteiger partial charge in [-0.2, -0.15) is 0 Å². The highest BCUT2D eigenvalue weighted by molar-refractivity contribution is 5.39. The second kappa shape index (κ2) is 5.87. The van der Waals surface area contributed by atoms with Gasteiger partial charge < -0.3 is 9.64 Å². The van der Waals surface area contributed by atoms with E-state index in [0.717, 1.165) is 31.2 Å². The second-order valence-corrected chi connectivity index (χ2v) is 6.00. The van der Waals surface area contributed by atoms with Crippen molar-refractivity contribution in [2.75, 3.05) is 24.6 Å². The normalized spacial score (nSPS) is 21.1. The van der Waals surface area contributed by atoms with Crippen molar-refractivity contribution in [2.24, 2.45) is 5.92 Å². The summed E-state index contributed by atoms with van der Waals surface area (Å²) >= 11 is 0. The highest BCUT2D eigenvalue weighted by Crippen LogP contribution is 2.38. The average molecular weight is 297 g/mol. The van der Waals surface area contributed by atoms with Crippen molar-refractivity contribution >= 4 is 5.82 Å². The number of nitrogens with zero attached hydrogens (tertiary/aromatic N) is 5. The van der Waals surface area contributed by atoms with Gasteiger partial charge in [0.05, 0.1) is 12.8 Å². The Morgan fingerprint density at radius 1 is 1.14 bits per heavy atom. The third kappa shape index (κ3) is 3.00. The lowest BCUT2D eigenvalue weighted by atomic mass is 10.1. The van der Waals surface area contributed by atoms with Crippen LogP contribution in [0.5, 0.6) is 5.88 Å². The third-order valence-electron chi connectivity index (χ3n) is 4.22.